The Labute approximate surface area is 269 Å². The fraction of sp³-hybridized carbons (Fsp3) is 0.387. The maximum atomic E-state index is 12.6. The zero-order valence-corrected chi connectivity index (χ0v) is 26.8. The van der Waals surface area contributed by atoms with Crippen molar-refractivity contribution in [3.8, 4) is 12.3 Å². The number of carbonyl (C=O) groups is 4. The Morgan fingerprint density at radius 3 is 2.71 bits per heavy atom. The quantitative estimate of drug-likeness (QED) is 0.144. The summed E-state index contributed by atoms with van der Waals surface area (Å²) in [5, 5.41) is 11.7. The number of imide groups is 1. The number of aromatic nitrogens is 2. The monoisotopic (exact) mass is 647 g/mol. The van der Waals surface area contributed by atoms with Gasteiger partial charge in [-0.3, -0.25) is 24.1 Å². The molecule has 45 heavy (non-hydrogen) atoms. The van der Waals surface area contributed by atoms with E-state index in [1.54, 1.807) is 32.1 Å². The van der Waals surface area contributed by atoms with Crippen LogP contribution >= 0.6 is 23.5 Å². The van der Waals surface area contributed by atoms with Crippen molar-refractivity contribution in [2.45, 2.75) is 68.5 Å². The van der Waals surface area contributed by atoms with Crippen molar-refractivity contribution in [1.29, 1.82) is 0 Å². The van der Waals surface area contributed by atoms with Crippen molar-refractivity contribution in [3.63, 3.8) is 0 Å². The lowest BCUT2D eigenvalue weighted by atomic mass is 10.1. The van der Waals surface area contributed by atoms with Gasteiger partial charge in [0.2, 0.25) is 11.8 Å². The van der Waals surface area contributed by atoms with Crippen LogP contribution in [-0.2, 0) is 20.9 Å². The zero-order chi connectivity index (χ0) is 32.1. The van der Waals surface area contributed by atoms with Crippen LogP contribution < -0.4 is 5.32 Å². The van der Waals surface area contributed by atoms with Crippen LogP contribution in [-0.4, -0.2) is 73.7 Å². The van der Waals surface area contributed by atoms with Gasteiger partial charge in [0.25, 0.3) is 11.1 Å². The van der Waals surface area contributed by atoms with Crippen molar-refractivity contribution >= 4 is 63.6 Å². The molecule has 0 unspecified atom stereocenters. The number of hydrogen-bond donors (Lipinski definition) is 1. The predicted molar refractivity (Wildman–Crippen MR) is 171 cm³/mol. The molecule has 1 aromatic carbocycles. The van der Waals surface area contributed by atoms with Gasteiger partial charge in [0.15, 0.2) is 15.9 Å². The molecule has 2 aromatic heterocycles. The molecule has 0 atom stereocenters. The van der Waals surface area contributed by atoms with E-state index >= 15 is 0 Å². The van der Waals surface area contributed by atoms with Crippen LogP contribution in [0.25, 0.3) is 17.1 Å². The molecule has 14 heteroatoms. The summed E-state index contributed by atoms with van der Waals surface area (Å²) in [5.74, 6) is 2.09. The number of fused-ring (bicyclic) bond motifs is 1. The van der Waals surface area contributed by atoms with Crippen molar-refractivity contribution in [3.05, 3.63) is 47.1 Å². The Morgan fingerprint density at radius 2 is 2.00 bits per heavy atom. The van der Waals surface area contributed by atoms with Gasteiger partial charge < -0.3 is 19.2 Å². The summed E-state index contributed by atoms with van der Waals surface area (Å²) in [6.07, 6.45) is 8.33. The Balaban J connectivity index is 1.18. The van der Waals surface area contributed by atoms with Gasteiger partial charge in [-0.1, -0.05) is 18.1 Å². The molecule has 1 fully saturated rings. The van der Waals surface area contributed by atoms with E-state index in [0.29, 0.717) is 46.8 Å². The van der Waals surface area contributed by atoms with E-state index in [1.165, 1.54) is 21.6 Å². The van der Waals surface area contributed by atoms with Crippen molar-refractivity contribution < 1.29 is 23.6 Å². The van der Waals surface area contributed by atoms with Crippen LogP contribution in [0.15, 0.2) is 66.2 Å². The number of nitrogens with one attached hydrogen (secondary N) is 1. The molecular formula is C31H33N7O5S2. The Kier molecular flexibility index (Phi) is 9.79. The maximum absolute atomic E-state index is 12.6. The highest BCUT2D eigenvalue weighted by molar-refractivity contribution is 8.18. The van der Waals surface area contributed by atoms with Crippen molar-refractivity contribution in [1.82, 2.24) is 24.7 Å². The van der Waals surface area contributed by atoms with Crippen molar-refractivity contribution in [2.75, 3.05) is 19.6 Å². The number of thioether (sulfide) groups is 1. The van der Waals surface area contributed by atoms with E-state index in [0.717, 1.165) is 22.8 Å². The molecule has 5 rings (SSSR count). The molecule has 0 saturated carbocycles. The van der Waals surface area contributed by atoms with Crippen LogP contribution in [0.4, 0.5) is 4.79 Å². The molecule has 0 spiro atoms. The van der Waals surface area contributed by atoms with Gasteiger partial charge in [0.05, 0.1) is 22.5 Å². The minimum absolute atomic E-state index is 0.0497. The summed E-state index contributed by atoms with van der Waals surface area (Å²) in [7, 11) is 0. The van der Waals surface area contributed by atoms with E-state index < -0.39 is 5.66 Å². The van der Waals surface area contributed by atoms with E-state index in [1.807, 2.05) is 31.2 Å². The van der Waals surface area contributed by atoms with Gasteiger partial charge in [-0.05, 0) is 75.0 Å². The molecule has 3 aromatic rings. The van der Waals surface area contributed by atoms with Gasteiger partial charge in [-0.2, -0.15) is 10.2 Å². The fourth-order valence-corrected chi connectivity index (χ4v) is 6.52. The number of rotatable bonds is 14. The number of hydrogen-bond acceptors (Lipinski definition) is 10. The molecule has 2 aliphatic rings. The fourth-order valence-electron chi connectivity index (χ4n) is 4.68. The number of benzene rings is 1. The summed E-state index contributed by atoms with van der Waals surface area (Å²) in [4.78, 5) is 57.8. The SMILES string of the molecule is C#CCN(CC(=O)NCCCn1c(Sc2ccc(/C=C3\SC(=O)N(C(C)C)C3=O)o2)nc2ccccc21)C(=O)CCC1(C)N=N1. The zero-order valence-electron chi connectivity index (χ0n) is 25.2. The number of nitrogens with zero attached hydrogens (tertiary/aromatic N) is 6. The number of furan rings is 1. The second-order valence-corrected chi connectivity index (χ2v) is 13.0. The number of aryl methyl sites for hydroxylation is 1. The van der Waals surface area contributed by atoms with Crippen LogP contribution in [0.5, 0.6) is 0 Å². The largest absolute Gasteiger partial charge is 0.450 e. The highest BCUT2D eigenvalue weighted by Gasteiger charge is 2.37. The molecule has 4 amide bonds. The first-order valence-corrected chi connectivity index (χ1v) is 16.1. The highest BCUT2D eigenvalue weighted by Crippen LogP contribution is 2.36. The summed E-state index contributed by atoms with van der Waals surface area (Å²) in [6.45, 7) is 6.33. The smallest absolute Gasteiger partial charge is 0.293 e. The molecule has 12 nitrogen and oxygen atoms in total. The molecule has 2 aliphatic heterocycles. The lowest BCUT2D eigenvalue weighted by Gasteiger charge is -2.20. The highest BCUT2D eigenvalue weighted by atomic mass is 32.2. The first kappa shape index (κ1) is 32.1. The Hall–Kier alpha value is -4.35. The third-order valence-electron chi connectivity index (χ3n) is 7.13. The molecule has 4 heterocycles. The second-order valence-electron chi connectivity index (χ2n) is 11.0. The second kappa shape index (κ2) is 13.7. The lowest BCUT2D eigenvalue weighted by Crippen LogP contribution is -2.41. The molecule has 0 bridgehead atoms. The standard InChI is InChI=1S/C31H33N7O5S2/c1-5-16-36(26(40)13-14-31(4)34-35-31)19-25(39)32-15-8-17-37-23-10-7-6-9-22(23)33-29(37)45-27-12-11-21(43-27)18-24-28(41)38(20(2)3)30(42)44-24/h1,6-7,9-12,18,20H,8,13-17,19H2,2-4H3,(H,32,39)/b24-18-. The van der Waals surface area contributed by atoms with Gasteiger partial charge in [0, 0.05) is 38.0 Å². The summed E-state index contributed by atoms with van der Waals surface area (Å²) < 4.78 is 8.04. The number of amides is 4. The van der Waals surface area contributed by atoms with Gasteiger partial charge in [0.1, 0.15) is 12.3 Å². The number of imidazole rings is 1. The third kappa shape index (κ3) is 7.84. The average molecular weight is 648 g/mol. The Bertz CT molecular complexity index is 1730. The number of para-hydroxylation sites is 2. The predicted octanol–water partition coefficient (Wildman–Crippen LogP) is 5.16. The van der Waals surface area contributed by atoms with Crippen LogP contribution in [0, 0.1) is 12.3 Å². The minimum atomic E-state index is -0.488. The number of carbonyl (C=O) groups excluding carboxylic acids is 4. The molecule has 0 aliphatic carbocycles. The van der Waals surface area contributed by atoms with Gasteiger partial charge >= 0.3 is 0 Å². The summed E-state index contributed by atoms with van der Waals surface area (Å²) in [6, 6.07) is 11.1. The molecule has 1 N–H and O–H groups in total. The van der Waals surface area contributed by atoms with Crippen LogP contribution in [0.2, 0.25) is 0 Å². The van der Waals surface area contributed by atoms with Crippen molar-refractivity contribution in [2.24, 2.45) is 10.2 Å². The molecule has 234 valence electrons. The normalized spacial score (nSPS) is 16.2. The average Bonchev–Trinajstić information content (AvgIpc) is 3.28. The summed E-state index contributed by atoms with van der Waals surface area (Å²) in [5.41, 5.74) is 1.27. The van der Waals surface area contributed by atoms with Gasteiger partial charge in [-0.25, -0.2) is 4.98 Å². The van der Waals surface area contributed by atoms with Gasteiger partial charge in [-0.15, -0.1) is 6.42 Å². The lowest BCUT2D eigenvalue weighted by molar-refractivity contribution is -0.135. The van der Waals surface area contributed by atoms with E-state index in [4.69, 9.17) is 15.8 Å². The third-order valence-corrected chi connectivity index (χ3v) is 8.93. The first-order chi connectivity index (χ1) is 21.6. The van der Waals surface area contributed by atoms with E-state index in [-0.39, 0.29) is 48.5 Å². The maximum Gasteiger partial charge on any atom is 0.293 e. The topological polar surface area (TPSA) is 142 Å². The van der Waals surface area contributed by atoms with Crippen LogP contribution in [0.1, 0.15) is 45.8 Å². The van der Waals surface area contributed by atoms with Crippen LogP contribution in [0.3, 0.4) is 0 Å². The van der Waals surface area contributed by atoms with E-state index in [9.17, 15) is 19.2 Å². The summed E-state index contributed by atoms with van der Waals surface area (Å²) >= 11 is 2.24. The number of terminal acetylenes is 1. The molecule has 1 saturated heterocycles. The Morgan fingerprint density at radius 1 is 1.22 bits per heavy atom. The molecule has 0 radical (unpaired) electrons. The van der Waals surface area contributed by atoms with E-state index in [2.05, 4.69) is 26.0 Å². The minimum Gasteiger partial charge on any atom is -0.450 e. The molecular weight excluding hydrogens is 615 g/mol. The first-order valence-electron chi connectivity index (χ1n) is 14.5.